The summed E-state index contributed by atoms with van der Waals surface area (Å²) in [6.45, 7) is 1.99. The first-order valence-electron chi connectivity index (χ1n) is 6.30. The second-order valence-electron chi connectivity index (χ2n) is 4.73. The monoisotopic (exact) mass is 426 g/mol. The number of nitrogens with zero attached hydrogens (tertiary/aromatic N) is 1. The normalized spacial score (nSPS) is 17.3. The summed E-state index contributed by atoms with van der Waals surface area (Å²) >= 11 is 3.07. The van der Waals surface area contributed by atoms with E-state index in [0.29, 0.717) is 23.1 Å². The first-order valence-corrected chi connectivity index (χ1v) is 7.09. The average Bonchev–Trinajstić information content (AvgIpc) is 2.39. The third-order valence-electron chi connectivity index (χ3n) is 3.37. The fourth-order valence-corrected chi connectivity index (χ4v) is 2.87. The number of hydrogen-bond acceptors (Lipinski definition) is 2. The lowest BCUT2D eigenvalue weighted by molar-refractivity contribution is -0.137. The Kier molecular flexibility index (Phi) is 9.24. The van der Waals surface area contributed by atoms with Crippen molar-refractivity contribution in [3.63, 3.8) is 0 Å². The molecule has 0 saturated carbocycles. The summed E-state index contributed by atoms with van der Waals surface area (Å²) in [5.74, 6) is 0. The summed E-state index contributed by atoms with van der Waals surface area (Å²) in [6, 6.07) is 2.98. The molecule has 0 radical (unpaired) electrons. The van der Waals surface area contributed by atoms with E-state index < -0.39 is 24.5 Å². The van der Waals surface area contributed by atoms with Crippen LogP contribution in [0.15, 0.2) is 22.7 Å². The van der Waals surface area contributed by atoms with Gasteiger partial charge in [-0.25, -0.2) is 4.39 Å². The van der Waals surface area contributed by atoms with Gasteiger partial charge in [-0.1, -0.05) is 15.9 Å². The Bertz CT molecular complexity index is 468. The number of nitrogens with one attached hydrogen (secondary N) is 1. The second-order valence-corrected chi connectivity index (χ2v) is 5.64. The maximum absolute atomic E-state index is 13.3. The molecule has 1 saturated heterocycles. The van der Waals surface area contributed by atoms with Gasteiger partial charge in [-0.05, 0) is 23.8 Å². The fraction of sp³-hybridized carbons (Fsp3) is 0.538. The second kappa shape index (κ2) is 9.27. The van der Waals surface area contributed by atoms with Crippen molar-refractivity contribution in [1.29, 1.82) is 0 Å². The maximum atomic E-state index is 13.3. The first-order chi connectivity index (χ1) is 9.41. The molecule has 0 bridgehead atoms. The van der Waals surface area contributed by atoms with Crippen molar-refractivity contribution in [2.24, 2.45) is 0 Å². The topological polar surface area (TPSA) is 15.3 Å². The lowest BCUT2D eigenvalue weighted by Gasteiger charge is -2.34. The predicted molar refractivity (Wildman–Crippen MR) is 86.8 cm³/mol. The Morgan fingerprint density at radius 3 is 2.23 bits per heavy atom. The zero-order valence-corrected chi connectivity index (χ0v) is 14.7. The standard InChI is InChI=1S/C13H15BrF4N2.2ClH/c14-11-6-9(5-10(7-11)13(16,17)18)12(8-15)20-3-1-19-2-4-20;;/h5-7,12,19H,1-4,8H2;2*1H/t12-;;/m1../s1. The van der Waals surface area contributed by atoms with Crippen LogP contribution in [-0.2, 0) is 6.18 Å². The van der Waals surface area contributed by atoms with Gasteiger partial charge < -0.3 is 5.32 Å². The molecule has 1 aliphatic heterocycles. The molecule has 22 heavy (non-hydrogen) atoms. The molecular formula is C13H17BrCl2F4N2. The van der Waals surface area contributed by atoms with Crippen LogP contribution in [0.5, 0.6) is 0 Å². The molecule has 0 aliphatic carbocycles. The molecule has 2 rings (SSSR count). The minimum atomic E-state index is -4.43. The average molecular weight is 428 g/mol. The van der Waals surface area contributed by atoms with E-state index in [9.17, 15) is 17.6 Å². The van der Waals surface area contributed by atoms with Crippen LogP contribution in [-0.4, -0.2) is 37.8 Å². The lowest BCUT2D eigenvalue weighted by Crippen LogP contribution is -2.45. The van der Waals surface area contributed by atoms with E-state index in [4.69, 9.17) is 0 Å². The summed E-state index contributed by atoms with van der Waals surface area (Å²) in [5.41, 5.74) is -0.397. The van der Waals surface area contributed by atoms with Crippen LogP contribution in [0, 0.1) is 0 Å². The fourth-order valence-electron chi connectivity index (χ4n) is 2.36. The first kappa shape index (κ1) is 21.9. The molecule has 9 heteroatoms. The maximum Gasteiger partial charge on any atom is 0.416 e. The molecule has 1 heterocycles. The van der Waals surface area contributed by atoms with Gasteiger partial charge in [0, 0.05) is 30.7 Å². The van der Waals surface area contributed by atoms with E-state index in [2.05, 4.69) is 21.2 Å². The van der Waals surface area contributed by atoms with Crippen LogP contribution in [0.3, 0.4) is 0 Å². The molecular weight excluding hydrogens is 411 g/mol. The van der Waals surface area contributed by atoms with Crippen molar-refractivity contribution < 1.29 is 17.6 Å². The van der Waals surface area contributed by atoms with E-state index in [-0.39, 0.29) is 24.8 Å². The number of benzene rings is 1. The molecule has 1 atom stereocenters. The molecule has 1 aromatic rings. The third kappa shape index (κ3) is 5.53. The van der Waals surface area contributed by atoms with Crippen molar-refractivity contribution in [3.8, 4) is 0 Å². The Morgan fingerprint density at radius 2 is 1.73 bits per heavy atom. The van der Waals surface area contributed by atoms with Crippen molar-refractivity contribution >= 4 is 40.7 Å². The smallest absolute Gasteiger partial charge is 0.314 e. The lowest BCUT2D eigenvalue weighted by atomic mass is 10.0. The highest BCUT2D eigenvalue weighted by molar-refractivity contribution is 9.10. The summed E-state index contributed by atoms with van der Waals surface area (Å²) in [7, 11) is 0. The highest BCUT2D eigenvalue weighted by atomic mass is 79.9. The van der Waals surface area contributed by atoms with E-state index in [1.807, 2.05) is 4.90 Å². The molecule has 1 fully saturated rings. The highest BCUT2D eigenvalue weighted by Crippen LogP contribution is 2.34. The van der Waals surface area contributed by atoms with Gasteiger partial charge in [0.05, 0.1) is 11.6 Å². The molecule has 1 N–H and O–H groups in total. The summed E-state index contributed by atoms with van der Waals surface area (Å²) in [5, 5.41) is 3.14. The van der Waals surface area contributed by atoms with Gasteiger partial charge in [0.2, 0.25) is 0 Å². The van der Waals surface area contributed by atoms with Crippen molar-refractivity contribution in [1.82, 2.24) is 10.2 Å². The minimum absolute atomic E-state index is 0. The van der Waals surface area contributed by atoms with E-state index in [1.165, 1.54) is 0 Å². The third-order valence-corrected chi connectivity index (χ3v) is 3.83. The molecule has 0 spiro atoms. The van der Waals surface area contributed by atoms with Crippen molar-refractivity contribution in [2.45, 2.75) is 12.2 Å². The molecule has 1 aliphatic rings. The summed E-state index contributed by atoms with van der Waals surface area (Å²) in [4.78, 5) is 1.87. The zero-order valence-electron chi connectivity index (χ0n) is 11.5. The van der Waals surface area contributed by atoms with Crippen molar-refractivity contribution in [3.05, 3.63) is 33.8 Å². The van der Waals surface area contributed by atoms with Crippen LogP contribution in [0.1, 0.15) is 17.2 Å². The van der Waals surface area contributed by atoms with E-state index in [1.54, 1.807) is 6.07 Å². The van der Waals surface area contributed by atoms with E-state index >= 15 is 0 Å². The minimum Gasteiger partial charge on any atom is -0.314 e. The number of alkyl halides is 4. The van der Waals surface area contributed by atoms with Crippen LogP contribution in [0.4, 0.5) is 17.6 Å². The van der Waals surface area contributed by atoms with Crippen LogP contribution in [0.2, 0.25) is 0 Å². The Hall–Kier alpha value is -0.0800. The van der Waals surface area contributed by atoms with Gasteiger partial charge in [-0.2, -0.15) is 13.2 Å². The van der Waals surface area contributed by atoms with Gasteiger partial charge in [0.25, 0.3) is 0 Å². The number of piperazine rings is 1. The molecule has 0 amide bonds. The largest absolute Gasteiger partial charge is 0.416 e. The van der Waals surface area contributed by atoms with Gasteiger partial charge in [0.1, 0.15) is 6.67 Å². The predicted octanol–water partition coefficient (Wildman–Crippen LogP) is 4.23. The van der Waals surface area contributed by atoms with Crippen LogP contribution in [0.25, 0.3) is 0 Å². The quantitative estimate of drug-likeness (QED) is 0.726. The van der Waals surface area contributed by atoms with Crippen LogP contribution >= 0.6 is 40.7 Å². The van der Waals surface area contributed by atoms with Gasteiger partial charge in [0.15, 0.2) is 0 Å². The molecule has 2 nitrogen and oxygen atoms in total. The molecule has 0 unspecified atom stereocenters. The number of rotatable bonds is 3. The zero-order chi connectivity index (χ0) is 14.8. The van der Waals surface area contributed by atoms with Crippen LogP contribution < -0.4 is 5.32 Å². The van der Waals surface area contributed by atoms with Gasteiger partial charge in [-0.3, -0.25) is 4.90 Å². The Morgan fingerprint density at radius 1 is 1.14 bits per heavy atom. The molecule has 1 aromatic carbocycles. The van der Waals surface area contributed by atoms with Crippen molar-refractivity contribution in [2.75, 3.05) is 32.9 Å². The Balaban J connectivity index is 0.00000220. The number of halogens is 7. The SMILES string of the molecule is Cl.Cl.FC[C@H](c1cc(Br)cc(C(F)(F)F)c1)N1CCNCC1. The number of hydrogen-bond donors (Lipinski definition) is 1. The summed E-state index contributed by atoms with van der Waals surface area (Å²) in [6.07, 6.45) is -4.43. The Labute approximate surface area is 147 Å². The van der Waals surface area contributed by atoms with Gasteiger partial charge >= 0.3 is 6.18 Å². The molecule has 128 valence electrons. The van der Waals surface area contributed by atoms with Gasteiger partial charge in [-0.15, -0.1) is 24.8 Å². The highest BCUT2D eigenvalue weighted by Gasteiger charge is 2.32. The summed E-state index contributed by atoms with van der Waals surface area (Å²) < 4.78 is 52.1. The molecule has 0 aromatic heterocycles. The van der Waals surface area contributed by atoms with E-state index in [0.717, 1.165) is 25.2 Å².